The van der Waals surface area contributed by atoms with Crippen LogP contribution < -0.4 is 10.6 Å². The normalized spacial score (nSPS) is 17.0. The number of nitrogens with one attached hydrogen (secondary N) is 2. The number of carbonyl (C=O) groups is 2. The van der Waals surface area contributed by atoms with Gasteiger partial charge in [-0.2, -0.15) is 5.10 Å². The van der Waals surface area contributed by atoms with Gasteiger partial charge in [-0.05, 0) is 115 Å². The number of anilines is 1. The quantitative estimate of drug-likeness (QED) is 0.300. The third-order valence-corrected chi connectivity index (χ3v) is 8.94. The Morgan fingerprint density at radius 2 is 1.65 bits per heavy atom. The van der Waals surface area contributed by atoms with E-state index in [4.69, 9.17) is 14.6 Å². The van der Waals surface area contributed by atoms with Crippen LogP contribution in [0, 0.1) is 31.6 Å². The second kappa shape index (κ2) is 12.1. The average molecular weight is 573 g/mol. The van der Waals surface area contributed by atoms with Crippen LogP contribution in [0.3, 0.4) is 0 Å². The Hall–Kier alpha value is -2.52. The number of aryl methyl sites for hydroxylation is 1. The van der Waals surface area contributed by atoms with Crippen molar-refractivity contribution in [2.24, 2.45) is 17.8 Å². The number of amides is 2. The van der Waals surface area contributed by atoms with Crippen LogP contribution in [0.4, 0.5) is 10.5 Å². The molecule has 2 aliphatic rings. The molecule has 9 heteroatoms. The molecule has 1 aromatic heterocycles. The lowest BCUT2D eigenvalue weighted by molar-refractivity contribution is -0.120. The first-order chi connectivity index (χ1) is 18.7. The zero-order valence-electron chi connectivity index (χ0n) is 25.5. The summed E-state index contributed by atoms with van der Waals surface area (Å²) in [4.78, 5) is 26.2. The lowest BCUT2D eigenvalue weighted by Crippen LogP contribution is -2.51. The standard InChI is InChI=1S/C31H48N4O4S/c1-20-26(21(2)35(34-20)19-38-17-18-40(6,7)8)22-13-15-25(16-14-22)32-29(36)28(33-30(37)39-31(3,4)5)27(23-9-10-23)24-11-12-24/h13-16,23-24,27-28H,9-12,17-19H2,1-8H3,(H,32,36)(H,33,37)/t28-/m0/s1. The van der Waals surface area contributed by atoms with Gasteiger partial charge in [0.1, 0.15) is 18.4 Å². The molecule has 1 aromatic carbocycles. The molecule has 0 aliphatic heterocycles. The number of benzene rings is 1. The van der Waals surface area contributed by atoms with E-state index in [9.17, 15) is 9.59 Å². The maximum absolute atomic E-state index is 13.6. The first-order valence-electron chi connectivity index (χ1n) is 14.4. The Bertz CT molecular complexity index is 1180. The van der Waals surface area contributed by atoms with Crippen LogP contribution in [-0.2, 0) is 21.0 Å². The molecule has 0 bridgehead atoms. The van der Waals surface area contributed by atoms with E-state index in [0.29, 0.717) is 24.3 Å². The summed E-state index contributed by atoms with van der Waals surface area (Å²) in [5.74, 6) is 2.01. The summed E-state index contributed by atoms with van der Waals surface area (Å²) in [7, 11) is -0.585. The predicted octanol–water partition coefficient (Wildman–Crippen LogP) is 6.10. The van der Waals surface area contributed by atoms with Gasteiger partial charge in [0, 0.05) is 22.7 Å². The Morgan fingerprint density at radius 1 is 1.05 bits per heavy atom. The number of nitrogens with zero attached hydrogens (tertiary/aromatic N) is 2. The van der Waals surface area contributed by atoms with Crippen molar-refractivity contribution in [1.82, 2.24) is 15.1 Å². The topological polar surface area (TPSA) is 94.5 Å². The number of carbonyl (C=O) groups excluding carboxylic acids is 2. The number of hydrogen-bond donors (Lipinski definition) is 2. The van der Waals surface area contributed by atoms with Crippen molar-refractivity contribution in [3.8, 4) is 11.1 Å². The van der Waals surface area contributed by atoms with Crippen LogP contribution in [0.15, 0.2) is 24.3 Å². The van der Waals surface area contributed by atoms with Gasteiger partial charge in [-0.3, -0.25) is 4.79 Å². The van der Waals surface area contributed by atoms with Gasteiger partial charge >= 0.3 is 6.09 Å². The van der Waals surface area contributed by atoms with Crippen LogP contribution in [0.1, 0.15) is 57.8 Å². The smallest absolute Gasteiger partial charge is 0.408 e. The summed E-state index contributed by atoms with van der Waals surface area (Å²) in [6, 6.07) is 7.24. The molecule has 0 radical (unpaired) electrons. The van der Waals surface area contributed by atoms with E-state index < -0.39 is 27.8 Å². The first kappa shape index (κ1) is 30.4. The van der Waals surface area contributed by atoms with Gasteiger partial charge in [0.25, 0.3) is 0 Å². The monoisotopic (exact) mass is 572 g/mol. The third kappa shape index (κ3) is 8.49. The average Bonchev–Trinajstić information content (AvgIpc) is 3.76. The van der Waals surface area contributed by atoms with Crippen molar-refractivity contribution >= 4 is 27.7 Å². The fourth-order valence-electron chi connectivity index (χ4n) is 5.30. The Kier molecular flexibility index (Phi) is 9.25. The number of rotatable bonds is 12. The van der Waals surface area contributed by atoms with Gasteiger partial charge in [0.15, 0.2) is 0 Å². The Balaban J connectivity index is 1.43. The SMILES string of the molecule is Cc1nn(COCCS(C)(C)C)c(C)c1-c1ccc(NC(=O)[C@@H](NC(=O)OC(C)(C)C)C(C2CC2)C2CC2)cc1. The van der Waals surface area contributed by atoms with Gasteiger partial charge in [0.2, 0.25) is 5.91 Å². The molecule has 2 N–H and O–H groups in total. The molecule has 2 aliphatic carbocycles. The largest absolute Gasteiger partial charge is 0.444 e. The lowest BCUT2D eigenvalue weighted by atomic mass is 9.88. The number of ether oxygens (including phenoxy) is 2. The van der Waals surface area contributed by atoms with Crippen molar-refractivity contribution in [3.05, 3.63) is 35.7 Å². The van der Waals surface area contributed by atoms with E-state index in [-0.39, 0.29) is 11.8 Å². The van der Waals surface area contributed by atoms with Crippen LogP contribution in [0.5, 0.6) is 0 Å². The molecular formula is C31H48N4O4S. The lowest BCUT2D eigenvalue weighted by Gasteiger charge is -2.29. The highest BCUT2D eigenvalue weighted by Crippen LogP contribution is 2.51. The molecule has 1 atom stereocenters. The Labute approximate surface area is 241 Å². The van der Waals surface area contributed by atoms with Crippen LogP contribution in [-0.4, -0.2) is 64.6 Å². The van der Waals surface area contributed by atoms with Crippen molar-refractivity contribution in [3.63, 3.8) is 0 Å². The molecule has 1 heterocycles. The number of aromatic nitrogens is 2. The highest BCUT2D eigenvalue weighted by atomic mass is 32.3. The van der Waals surface area contributed by atoms with Gasteiger partial charge in [-0.1, -0.05) is 12.1 Å². The van der Waals surface area contributed by atoms with E-state index in [1.807, 2.05) is 56.6 Å². The fraction of sp³-hybridized carbons (Fsp3) is 0.645. The molecular weight excluding hydrogens is 524 g/mol. The van der Waals surface area contributed by atoms with Crippen molar-refractivity contribution in [2.75, 3.05) is 36.4 Å². The molecule has 2 fully saturated rings. The zero-order valence-corrected chi connectivity index (χ0v) is 26.3. The van der Waals surface area contributed by atoms with Crippen LogP contribution >= 0.6 is 10.0 Å². The molecule has 222 valence electrons. The summed E-state index contributed by atoms with van der Waals surface area (Å²) in [6.45, 7) is 10.7. The molecule has 2 amide bonds. The highest BCUT2D eigenvalue weighted by Gasteiger charge is 2.48. The molecule has 0 unspecified atom stereocenters. The van der Waals surface area contributed by atoms with E-state index in [0.717, 1.165) is 60.6 Å². The van der Waals surface area contributed by atoms with Crippen LogP contribution in [0.25, 0.3) is 11.1 Å². The predicted molar refractivity (Wildman–Crippen MR) is 164 cm³/mol. The highest BCUT2D eigenvalue weighted by molar-refractivity contribution is 8.32. The summed E-state index contributed by atoms with van der Waals surface area (Å²) in [5, 5.41) is 10.7. The molecule has 2 aromatic rings. The minimum Gasteiger partial charge on any atom is -0.444 e. The van der Waals surface area contributed by atoms with Crippen molar-refractivity contribution in [1.29, 1.82) is 0 Å². The maximum atomic E-state index is 13.6. The summed E-state index contributed by atoms with van der Waals surface area (Å²) in [6.07, 6.45) is 10.8. The van der Waals surface area contributed by atoms with Gasteiger partial charge in [-0.25, -0.2) is 19.5 Å². The summed E-state index contributed by atoms with van der Waals surface area (Å²) in [5.41, 5.74) is 4.18. The van der Waals surface area contributed by atoms with Crippen LogP contribution in [0.2, 0.25) is 0 Å². The molecule has 2 saturated carbocycles. The second-order valence-electron chi connectivity index (χ2n) is 13.3. The third-order valence-electron chi connectivity index (χ3n) is 7.55. The minimum atomic E-state index is -0.626. The first-order valence-corrected chi connectivity index (χ1v) is 17.4. The molecule has 0 saturated heterocycles. The van der Waals surface area contributed by atoms with Gasteiger partial charge in [0.05, 0.1) is 12.3 Å². The van der Waals surface area contributed by atoms with E-state index in [1.54, 1.807) is 0 Å². The van der Waals surface area contributed by atoms with Crippen molar-refractivity contribution < 1.29 is 19.1 Å². The summed E-state index contributed by atoms with van der Waals surface area (Å²) < 4.78 is 13.3. The maximum Gasteiger partial charge on any atom is 0.408 e. The van der Waals surface area contributed by atoms with Gasteiger partial charge < -0.3 is 20.1 Å². The van der Waals surface area contributed by atoms with E-state index >= 15 is 0 Å². The second-order valence-corrected chi connectivity index (χ2v) is 17.9. The fourth-order valence-corrected chi connectivity index (χ4v) is 5.92. The number of alkyl carbamates (subject to hydrolysis) is 1. The molecule has 4 rings (SSSR count). The van der Waals surface area contributed by atoms with Crippen molar-refractivity contribution in [2.45, 2.75) is 78.7 Å². The van der Waals surface area contributed by atoms with E-state index in [2.05, 4.69) is 36.3 Å². The molecule has 0 spiro atoms. The van der Waals surface area contributed by atoms with E-state index in [1.165, 1.54) is 0 Å². The minimum absolute atomic E-state index is 0.148. The zero-order chi connectivity index (χ0) is 29.2. The number of hydrogen-bond acceptors (Lipinski definition) is 5. The Morgan fingerprint density at radius 3 is 2.17 bits per heavy atom. The molecule has 40 heavy (non-hydrogen) atoms. The molecule has 8 nitrogen and oxygen atoms in total. The summed E-state index contributed by atoms with van der Waals surface area (Å²) >= 11 is 0. The van der Waals surface area contributed by atoms with Gasteiger partial charge in [-0.15, -0.1) is 0 Å².